The first-order chi connectivity index (χ1) is 11.9. The SMILES string of the molecule is O=C(c1cnc2c(-c3cnco3)cc(C(F)(F)F)cn12)N1CCCC1. The van der Waals surface area contributed by atoms with Crippen LogP contribution in [-0.4, -0.2) is 38.3 Å². The molecule has 130 valence electrons. The molecule has 0 aromatic carbocycles. The number of alkyl halides is 3. The van der Waals surface area contributed by atoms with Crippen molar-refractivity contribution in [2.24, 2.45) is 0 Å². The molecular formula is C16H13F3N4O2. The number of hydrogen-bond acceptors (Lipinski definition) is 4. The zero-order chi connectivity index (χ0) is 17.6. The Bertz CT molecular complexity index is 925. The predicted octanol–water partition coefficient (Wildman–Crippen LogP) is 3.24. The van der Waals surface area contributed by atoms with Crippen LogP contribution in [-0.2, 0) is 6.18 Å². The highest BCUT2D eigenvalue weighted by Crippen LogP contribution is 2.34. The molecule has 0 spiro atoms. The van der Waals surface area contributed by atoms with Crippen LogP contribution in [0.25, 0.3) is 17.0 Å². The van der Waals surface area contributed by atoms with Gasteiger partial charge in [0.05, 0.1) is 23.5 Å². The fraction of sp³-hybridized carbons (Fsp3) is 0.312. The van der Waals surface area contributed by atoms with Crippen molar-refractivity contribution in [1.29, 1.82) is 0 Å². The number of hydrogen-bond donors (Lipinski definition) is 0. The summed E-state index contributed by atoms with van der Waals surface area (Å²) in [4.78, 5) is 22.1. The fourth-order valence-corrected chi connectivity index (χ4v) is 3.01. The van der Waals surface area contributed by atoms with Gasteiger partial charge in [0.1, 0.15) is 11.3 Å². The van der Waals surface area contributed by atoms with E-state index in [9.17, 15) is 18.0 Å². The third-order valence-corrected chi connectivity index (χ3v) is 4.24. The number of amides is 1. The summed E-state index contributed by atoms with van der Waals surface area (Å²) in [6.45, 7) is 1.19. The highest BCUT2D eigenvalue weighted by Gasteiger charge is 2.33. The van der Waals surface area contributed by atoms with Crippen molar-refractivity contribution in [2.45, 2.75) is 19.0 Å². The number of pyridine rings is 1. The number of fused-ring (bicyclic) bond motifs is 1. The van der Waals surface area contributed by atoms with Gasteiger partial charge in [0.2, 0.25) is 0 Å². The summed E-state index contributed by atoms with van der Waals surface area (Å²) < 4.78 is 46.2. The van der Waals surface area contributed by atoms with E-state index < -0.39 is 11.7 Å². The van der Waals surface area contributed by atoms with Gasteiger partial charge in [-0.3, -0.25) is 9.20 Å². The maximum Gasteiger partial charge on any atom is 0.417 e. The smallest absolute Gasteiger partial charge is 0.417 e. The van der Waals surface area contributed by atoms with Crippen LogP contribution in [0.3, 0.4) is 0 Å². The predicted molar refractivity (Wildman–Crippen MR) is 80.8 cm³/mol. The number of halogens is 3. The standard InChI is InChI=1S/C16H13F3N4O2/c17-16(18,19)10-5-11(13-7-20-9-25-13)14-21-6-12(23(14)8-10)15(24)22-3-1-2-4-22/h5-9H,1-4H2. The van der Waals surface area contributed by atoms with Crippen molar-refractivity contribution >= 4 is 11.6 Å². The molecule has 6 nitrogen and oxygen atoms in total. The highest BCUT2D eigenvalue weighted by molar-refractivity contribution is 5.94. The summed E-state index contributed by atoms with van der Waals surface area (Å²) in [5.74, 6) is -0.172. The van der Waals surface area contributed by atoms with E-state index >= 15 is 0 Å². The molecule has 0 N–H and O–H groups in total. The van der Waals surface area contributed by atoms with E-state index in [1.807, 2.05) is 0 Å². The minimum absolute atomic E-state index is 0.101. The number of rotatable bonds is 2. The minimum atomic E-state index is -4.57. The van der Waals surface area contributed by atoms with Gasteiger partial charge in [-0.2, -0.15) is 13.2 Å². The molecule has 0 unspecified atom stereocenters. The van der Waals surface area contributed by atoms with Crippen molar-refractivity contribution in [2.75, 3.05) is 13.1 Å². The van der Waals surface area contributed by atoms with Crippen LogP contribution < -0.4 is 0 Å². The Labute approximate surface area is 139 Å². The molecule has 0 bridgehead atoms. The second-order valence-corrected chi connectivity index (χ2v) is 5.84. The van der Waals surface area contributed by atoms with Gasteiger partial charge in [-0.15, -0.1) is 0 Å². The van der Waals surface area contributed by atoms with E-state index in [2.05, 4.69) is 9.97 Å². The number of oxazole rings is 1. The van der Waals surface area contributed by atoms with Gasteiger partial charge in [-0.05, 0) is 18.9 Å². The highest BCUT2D eigenvalue weighted by atomic mass is 19.4. The molecule has 3 aromatic heterocycles. The molecule has 1 saturated heterocycles. The third-order valence-electron chi connectivity index (χ3n) is 4.24. The molecule has 1 aliphatic rings. The maximum atomic E-state index is 13.3. The normalized spacial score (nSPS) is 15.2. The van der Waals surface area contributed by atoms with E-state index in [4.69, 9.17) is 4.42 Å². The van der Waals surface area contributed by atoms with E-state index in [0.29, 0.717) is 13.1 Å². The van der Waals surface area contributed by atoms with Gasteiger partial charge in [0.15, 0.2) is 12.2 Å². The van der Waals surface area contributed by atoms with Crippen molar-refractivity contribution in [3.8, 4) is 11.3 Å². The van der Waals surface area contributed by atoms with Crippen LogP contribution in [0.4, 0.5) is 13.2 Å². The summed E-state index contributed by atoms with van der Waals surface area (Å²) in [6.07, 6.45) is 1.85. The second kappa shape index (κ2) is 5.61. The Morgan fingerprint density at radius 3 is 2.60 bits per heavy atom. The molecule has 4 heterocycles. The quantitative estimate of drug-likeness (QED) is 0.712. The van der Waals surface area contributed by atoms with Gasteiger partial charge >= 0.3 is 6.18 Å². The lowest BCUT2D eigenvalue weighted by molar-refractivity contribution is -0.137. The largest absolute Gasteiger partial charge is 0.443 e. The maximum absolute atomic E-state index is 13.3. The van der Waals surface area contributed by atoms with Gasteiger partial charge < -0.3 is 9.32 Å². The molecule has 0 aliphatic carbocycles. The van der Waals surface area contributed by atoms with Crippen molar-refractivity contribution in [1.82, 2.24) is 19.3 Å². The molecule has 9 heteroatoms. The van der Waals surface area contributed by atoms with Crippen LogP contribution in [0.5, 0.6) is 0 Å². The Balaban J connectivity index is 1.92. The molecule has 1 aliphatic heterocycles. The number of likely N-dealkylation sites (tertiary alicyclic amines) is 1. The van der Waals surface area contributed by atoms with Gasteiger partial charge in [-0.25, -0.2) is 9.97 Å². The lowest BCUT2D eigenvalue weighted by atomic mass is 10.1. The topological polar surface area (TPSA) is 63.6 Å². The monoisotopic (exact) mass is 350 g/mol. The van der Waals surface area contributed by atoms with Crippen molar-refractivity contribution < 1.29 is 22.4 Å². The molecule has 0 saturated carbocycles. The summed E-state index contributed by atoms with van der Waals surface area (Å²) in [6, 6.07) is 0.951. The molecule has 25 heavy (non-hydrogen) atoms. The molecular weight excluding hydrogens is 337 g/mol. The molecule has 1 amide bonds. The van der Waals surface area contributed by atoms with Crippen LogP contribution in [0.2, 0.25) is 0 Å². The fourth-order valence-electron chi connectivity index (χ4n) is 3.01. The van der Waals surface area contributed by atoms with Crippen LogP contribution in [0, 0.1) is 0 Å². The Hall–Kier alpha value is -2.84. The molecule has 0 atom stereocenters. The molecule has 1 fully saturated rings. The van der Waals surface area contributed by atoms with Crippen molar-refractivity contribution in [3.05, 3.63) is 42.3 Å². The average Bonchev–Trinajstić information content (AvgIpc) is 3.32. The molecule has 0 radical (unpaired) electrons. The summed E-state index contributed by atoms with van der Waals surface area (Å²) >= 11 is 0. The second-order valence-electron chi connectivity index (χ2n) is 5.84. The van der Waals surface area contributed by atoms with Crippen LogP contribution >= 0.6 is 0 Å². The number of carbonyl (C=O) groups is 1. The molecule has 3 aromatic rings. The Kier molecular flexibility index (Phi) is 3.52. The first kappa shape index (κ1) is 15.7. The minimum Gasteiger partial charge on any atom is -0.443 e. The van der Waals surface area contributed by atoms with E-state index in [0.717, 1.165) is 31.5 Å². The Morgan fingerprint density at radius 1 is 1.20 bits per heavy atom. The summed E-state index contributed by atoms with van der Waals surface area (Å²) in [5.41, 5.74) is -0.441. The average molecular weight is 350 g/mol. The lowest BCUT2D eigenvalue weighted by Gasteiger charge is -2.15. The zero-order valence-corrected chi connectivity index (χ0v) is 13.0. The van der Waals surface area contributed by atoms with E-state index in [1.54, 1.807) is 4.90 Å². The van der Waals surface area contributed by atoms with Gasteiger partial charge in [0.25, 0.3) is 5.91 Å². The van der Waals surface area contributed by atoms with E-state index in [1.165, 1.54) is 16.8 Å². The summed E-state index contributed by atoms with van der Waals surface area (Å²) in [5, 5.41) is 0. The number of aromatic nitrogens is 3. The molecule has 4 rings (SSSR count). The third kappa shape index (κ3) is 2.65. The van der Waals surface area contributed by atoms with E-state index in [-0.39, 0.29) is 28.6 Å². The number of nitrogens with zero attached hydrogens (tertiary/aromatic N) is 4. The van der Waals surface area contributed by atoms with Gasteiger partial charge in [0, 0.05) is 19.3 Å². The number of imidazole rings is 1. The Morgan fingerprint density at radius 2 is 1.96 bits per heavy atom. The van der Waals surface area contributed by atoms with Crippen molar-refractivity contribution in [3.63, 3.8) is 0 Å². The number of carbonyl (C=O) groups excluding carboxylic acids is 1. The first-order valence-electron chi connectivity index (χ1n) is 7.71. The van der Waals surface area contributed by atoms with Crippen LogP contribution in [0.15, 0.2) is 35.5 Å². The zero-order valence-electron chi connectivity index (χ0n) is 13.0. The van der Waals surface area contributed by atoms with Crippen LogP contribution in [0.1, 0.15) is 28.9 Å². The lowest BCUT2D eigenvalue weighted by Crippen LogP contribution is -2.28. The summed E-state index contributed by atoms with van der Waals surface area (Å²) in [7, 11) is 0. The van der Waals surface area contributed by atoms with Gasteiger partial charge in [-0.1, -0.05) is 0 Å². The first-order valence-corrected chi connectivity index (χ1v) is 7.71.